The lowest BCUT2D eigenvalue weighted by Gasteiger charge is -2.30. The van der Waals surface area contributed by atoms with E-state index in [0.29, 0.717) is 6.54 Å². The SMILES string of the molecule is CCCc1c(NCC)ncnc1N(CC)CC(C)(C)O. The smallest absolute Gasteiger partial charge is 0.137 e. The number of aromatic nitrogens is 2. The van der Waals surface area contributed by atoms with Crippen molar-refractivity contribution in [3.63, 3.8) is 0 Å². The van der Waals surface area contributed by atoms with E-state index in [4.69, 9.17) is 0 Å². The quantitative estimate of drug-likeness (QED) is 0.766. The maximum absolute atomic E-state index is 10.1. The standard InChI is InChI=1S/C15H28N4O/c1-6-9-12-13(16-7-2)17-11-18-14(12)19(8-3)10-15(4,5)20/h11,20H,6-10H2,1-5H3,(H,16,17,18). The van der Waals surface area contributed by atoms with E-state index in [0.717, 1.165) is 43.1 Å². The van der Waals surface area contributed by atoms with Gasteiger partial charge in [0.2, 0.25) is 0 Å². The minimum Gasteiger partial charge on any atom is -0.389 e. The van der Waals surface area contributed by atoms with Crippen molar-refractivity contribution in [2.45, 2.75) is 53.1 Å². The van der Waals surface area contributed by atoms with Crippen LogP contribution in [0.1, 0.15) is 46.6 Å². The molecular weight excluding hydrogens is 252 g/mol. The molecule has 1 aromatic heterocycles. The molecule has 1 rings (SSSR count). The summed E-state index contributed by atoms with van der Waals surface area (Å²) in [4.78, 5) is 10.9. The molecular formula is C15H28N4O. The second-order valence-electron chi connectivity index (χ2n) is 5.63. The van der Waals surface area contributed by atoms with Crippen LogP contribution in [0.5, 0.6) is 0 Å². The Bertz CT molecular complexity index is 415. The fourth-order valence-corrected chi connectivity index (χ4v) is 2.28. The predicted octanol–water partition coefficient (Wildman–Crippen LogP) is 2.46. The van der Waals surface area contributed by atoms with Crippen LogP contribution in [0.4, 0.5) is 11.6 Å². The van der Waals surface area contributed by atoms with Crippen molar-refractivity contribution in [1.29, 1.82) is 0 Å². The highest BCUT2D eigenvalue weighted by atomic mass is 16.3. The van der Waals surface area contributed by atoms with Gasteiger partial charge in [-0.15, -0.1) is 0 Å². The van der Waals surface area contributed by atoms with E-state index in [1.807, 2.05) is 13.8 Å². The molecule has 1 aromatic rings. The minimum absolute atomic E-state index is 0.558. The van der Waals surface area contributed by atoms with Gasteiger partial charge in [-0.25, -0.2) is 9.97 Å². The van der Waals surface area contributed by atoms with Gasteiger partial charge in [0.25, 0.3) is 0 Å². The first-order valence-corrected chi connectivity index (χ1v) is 7.48. The average molecular weight is 280 g/mol. The van der Waals surface area contributed by atoms with Gasteiger partial charge in [-0.1, -0.05) is 13.3 Å². The molecule has 0 radical (unpaired) electrons. The molecule has 0 aromatic carbocycles. The molecule has 0 saturated heterocycles. The van der Waals surface area contributed by atoms with Gasteiger partial charge in [-0.3, -0.25) is 0 Å². The lowest BCUT2D eigenvalue weighted by molar-refractivity contribution is 0.0874. The summed E-state index contributed by atoms with van der Waals surface area (Å²) in [5.41, 5.74) is 0.394. The van der Waals surface area contributed by atoms with Gasteiger partial charge in [-0.2, -0.15) is 0 Å². The zero-order valence-corrected chi connectivity index (χ0v) is 13.4. The normalized spacial score (nSPS) is 11.5. The topological polar surface area (TPSA) is 61.3 Å². The zero-order valence-electron chi connectivity index (χ0n) is 13.4. The summed E-state index contributed by atoms with van der Waals surface area (Å²) in [6.07, 6.45) is 3.57. The Morgan fingerprint density at radius 3 is 2.45 bits per heavy atom. The van der Waals surface area contributed by atoms with Crippen LogP contribution in [0.2, 0.25) is 0 Å². The third kappa shape index (κ3) is 4.63. The molecule has 0 amide bonds. The second kappa shape index (κ2) is 7.43. The van der Waals surface area contributed by atoms with E-state index in [-0.39, 0.29) is 0 Å². The van der Waals surface area contributed by atoms with Crippen LogP contribution in [-0.2, 0) is 6.42 Å². The Kier molecular flexibility index (Phi) is 6.20. The van der Waals surface area contributed by atoms with E-state index >= 15 is 0 Å². The van der Waals surface area contributed by atoms with Crippen molar-refractivity contribution in [2.75, 3.05) is 29.9 Å². The minimum atomic E-state index is -0.747. The first kappa shape index (κ1) is 16.7. The number of nitrogens with zero attached hydrogens (tertiary/aromatic N) is 3. The van der Waals surface area contributed by atoms with E-state index in [2.05, 4.69) is 41.0 Å². The lowest BCUT2D eigenvalue weighted by atomic mass is 10.1. The van der Waals surface area contributed by atoms with Gasteiger partial charge in [0.15, 0.2) is 0 Å². The Labute approximate surface area is 122 Å². The van der Waals surface area contributed by atoms with Gasteiger partial charge in [0.1, 0.15) is 18.0 Å². The summed E-state index contributed by atoms with van der Waals surface area (Å²) in [6, 6.07) is 0. The monoisotopic (exact) mass is 280 g/mol. The van der Waals surface area contributed by atoms with Gasteiger partial charge < -0.3 is 15.3 Å². The molecule has 0 aliphatic rings. The summed E-state index contributed by atoms with van der Waals surface area (Å²) in [5.74, 6) is 1.84. The van der Waals surface area contributed by atoms with E-state index in [1.165, 1.54) is 0 Å². The molecule has 0 atom stereocenters. The van der Waals surface area contributed by atoms with Crippen LogP contribution >= 0.6 is 0 Å². The molecule has 1 heterocycles. The second-order valence-corrected chi connectivity index (χ2v) is 5.63. The molecule has 0 saturated carbocycles. The molecule has 2 N–H and O–H groups in total. The fraction of sp³-hybridized carbons (Fsp3) is 0.733. The first-order chi connectivity index (χ1) is 9.42. The van der Waals surface area contributed by atoms with Crippen molar-refractivity contribution in [1.82, 2.24) is 9.97 Å². The Morgan fingerprint density at radius 2 is 1.95 bits per heavy atom. The number of nitrogens with one attached hydrogen (secondary N) is 1. The molecule has 0 bridgehead atoms. The molecule has 0 aliphatic heterocycles. The van der Waals surface area contributed by atoms with Crippen LogP contribution in [0, 0.1) is 0 Å². The van der Waals surface area contributed by atoms with E-state index in [9.17, 15) is 5.11 Å². The molecule has 5 nitrogen and oxygen atoms in total. The molecule has 114 valence electrons. The van der Waals surface area contributed by atoms with Gasteiger partial charge >= 0.3 is 0 Å². The van der Waals surface area contributed by atoms with Crippen molar-refractivity contribution < 1.29 is 5.11 Å². The third-order valence-corrected chi connectivity index (χ3v) is 3.03. The highest BCUT2D eigenvalue weighted by Crippen LogP contribution is 2.26. The van der Waals surface area contributed by atoms with Gasteiger partial charge in [-0.05, 0) is 34.1 Å². The third-order valence-electron chi connectivity index (χ3n) is 3.03. The summed E-state index contributed by atoms with van der Waals surface area (Å²) in [7, 11) is 0. The predicted molar refractivity (Wildman–Crippen MR) is 84.4 cm³/mol. The van der Waals surface area contributed by atoms with Crippen LogP contribution in [0.3, 0.4) is 0 Å². The highest BCUT2D eigenvalue weighted by molar-refractivity contribution is 5.59. The number of anilines is 2. The highest BCUT2D eigenvalue weighted by Gasteiger charge is 2.21. The zero-order chi connectivity index (χ0) is 15.2. The van der Waals surface area contributed by atoms with Crippen molar-refractivity contribution in [3.8, 4) is 0 Å². The molecule has 0 fully saturated rings. The molecule has 0 unspecified atom stereocenters. The number of hydrogen-bond acceptors (Lipinski definition) is 5. The van der Waals surface area contributed by atoms with Crippen LogP contribution in [0.15, 0.2) is 6.33 Å². The maximum Gasteiger partial charge on any atom is 0.137 e. The van der Waals surface area contributed by atoms with Gasteiger partial charge in [0.05, 0.1) is 5.60 Å². The number of rotatable bonds is 8. The number of likely N-dealkylation sites (N-methyl/N-ethyl adjacent to an activating group) is 1. The summed E-state index contributed by atoms with van der Waals surface area (Å²) < 4.78 is 0. The summed E-state index contributed by atoms with van der Waals surface area (Å²) in [6.45, 7) is 12.1. The fourth-order valence-electron chi connectivity index (χ4n) is 2.28. The average Bonchev–Trinajstić information content (AvgIpc) is 2.37. The lowest BCUT2D eigenvalue weighted by Crippen LogP contribution is -2.39. The Morgan fingerprint density at radius 1 is 1.25 bits per heavy atom. The van der Waals surface area contributed by atoms with Crippen molar-refractivity contribution in [2.24, 2.45) is 0 Å². The van der Waals surface area contributed by atoms with Crippen LogP contribution in [0.25, 0.3) is 0 Å². The molecule has 0 aliphatic carbocycles. The largest absolute Gasteiger partial charge is 0.389 e. The van der Waals surface area contributed by atoms with Crippen molar-refractivity contribution >= 4 is 11.6 Å². The van der Waals surface area contributed by atoms with Crippen LogP contribution < -0.4 is 10.2 Å². The molecule has 5 heteroatoms. The Balaban J connectivity index is 3.16. The number of aliphatic hydroxyl groups is 1. The molecule has 0 spiro atoms. The van der Waals surface area contributed by atoms with Crippen LogP contribution in [-0.4, -0.2) is 40.3 Å². The molecule has 20 heavy (non-hydrogen) atoms. The van der Waals surface area contributed by atoms with E-state index < -0.39 is 5.60 Å². The Hall–Kier alpha value is -1.36. The summed E-state index contributed by atoms with van der Waals surface area (Å²) in [5, 5.41) is 13.4. The number of hydrogen-bond donors (Lipinski definition) is 2. The summed E-state index contributed by atoms with van der Waals surface area (Å²) >= 11 is 0. The maximum atomic E-state index is 10.1. The van der Waals surface area contributed by atoms with Crippen molar-refractivity contribution in [3.05, 3.63) is 11.9 Å². The van der Waals surface area contributed by atoms with E-state index in [1.54, 1.807) is 6.33 Å². The first-order valence-electron chi connectivity index (χ1n) is 7.48. The van der Waals surface area contributed by atoms with Gasteiger partial charge in [0, 0.05) is 25.2 Å².